The van der Waals surface area contributed by atoms with E-state index >= 15 is 0 Å². The second-order valence-corrected chi connectivity index (χ2v) is 4.68. The molecule has 0 spiro atoms. The molecule has 0 radical (unpaired) electrons. The van der Waals surface area contributed by atoms with Gasteiger partial charge in [0.25, 0.3) is 0 Å². The SMILES string of the molecule is COc1ncccc1C(Cc1ccc(Cl)c(F)c1)NN. The Morgan fingerprint density at radius 3 is 2.90 bits per heavy atom. The fourth-order valence-electron chi connectivity index (χ4n) is 2.00. The summed E-state index contributed by atoms with van der Waals surface area (Å²) in [5.74, 6) is 5.64. The van der Waals surface area contributed by atoms with E-state index in [2.05, 4.69) is 10.4 Å². The number of ether oxygens (including phenoxy) is 1. The molecule has 0 saturated heterocycles. The van der Waals surface area contributed by atoms with Crippen LogP contribution in [0.5, 0.6) is 5.88 Å². The Bertz CT molecular complexity index is 594. The number of pyridine rings is 1. The van der Waals surface area contributed by atoms with E-state index in [1.807, 2.05) is 6.07 Å². The van der Waals surface area contributed by atoms with Crippen molar-refractivity contribution in [3.05, 3.63) is 58.5 Å². The summed E-state index contributed by atoms with van der Waals surface area (Å²) in [6, 6.07) is 8.11. The van der Waals surface area contributed by atoms with Gasteiger partial charge in [-0.2, -0.15) is 0 Å². The van der Waals surface area contributed by atoms with E-state index in [1.54, 1.807) is 25.4 Å². The third-order valence-electron chi connectivity index (χ3n) is 2.99. The first-order chi connectivity index (χ1) is 9.65. The van der Waals surface area contributed by atoms with E-state index in [9.17, 15) is 4.39 Å². The van der Waals surface area contributed by atoms with Crippen LogP contribution >= 0.6 is 11.6 Å². The van der Waals surface area contributed by atoms with Gasteiger partial charge in [-0.15, -0.1) is 0 Å². The van der Waals surface area contributed by atoms with Gasteiger partial charge in [0, 0.05) is 11.8 Å². The summed E-state index contributed by atoms with van der Waals surface area (Å²) in [5.41, 5.74) is 4.29. The first-order valence-electron chi connectivity index (χ1n) is 6.04. The van der Waals surface area contributed by atoms with Gasteiger partial charge in [0.2, 0.25) is 5.88 Å². The third kappa shape index (κ3) is 3.25. The Hall–Kier alpha value is -1.69. The van der Waals surface area contributed by atoms with Gasteiger partial charge in [-0.1, -0.05) is 23.7 Å². The van der Waals surface area contributed by atoms with Crippen molar-refractivity contribution in [2.75, 3.05) is 7.11 Å². The second kappa shape index (κ2) is 6.65. The topological polar surface area (TPSA) is 60.2 Å². The molecular weight excluding hydrogens is 281 g/mol. The molecule has 2 rings (SSSR count). The minimum Gasteiger partial charge on any atom is -0.481 e. The monoisotopic (exact) mass is 295 g/mol. The van der Waals surface area contributed by atoms with Gasteiger partial charge in [-0.05, 0) is 30.2 Å². The van der Waals surface area contributed by atoms with Crippen LogP contribution in [0.2, 0.25) is 5.02 Å². The molecule has 0 saturated carbocycles. The van der Waals surface area contributed by atoms with Crippen molar-refractivity contribution < 1.29 is 9.13 Å². The molecule has 0 amide bonds. The number of hydrogen-bond donors (Lipinski definition) is 2. The van der Waals surface area contributed by atoms with Crippen molar-refractivity contribution in [3.8, 4) is 5.88 Å². The Balaban J connectivity index is 2.26. The molecule has 6 heteroatoms. The zero-order chi connectivity index (χ0) is 14.5. The molecule has 1 heterocycles. The molecule has 0 bridgehead atoms. The molecule has 3 N–H and O–H groups in total. The smallest absolute Gasteiger partial charge is 0.217 e. The molecule has 2 aromatic rings. The normalized spacial score (nSPS) is 12.2. The van der Waals surface area contributed by atoms with Gasteiger partial charge in [-0.3, -0.25) is 11.3 Å². The van der Waals surface area contributed by atoms with Crippen molar-refractivity contribution in [2.45, 2.75) is 12.5 Å². The highest BCUT2D eigenvalue weighted by Gasteiger charge is 2.16. The van der Waals surface area contributed by atoms with Gasteiger partial charge >= 0.3 is 0 Å². The van der Waals surface area contributed by atoms with E-state index in [0.717, 1.165) is 11.1 Å². The number of nitrogens with zero attached hydrogens (tertiary/aromatic N) is 1. The van der Waals surface area contributed by atoms with Crippen molar-refractivity contribution in [1.82, 2.24) is 10.4 Å². The highest BCUT2D eigenvalue weighted by Crippen LogP contribution is 2.26. The van der Waals surface area contributed by atoms with Gasteiger partial charge in [-0.25, -0.2) is 9.37 Å². The Kier molecular flexibility index (Phi) is 4.89. The van der Waals surface area contributed by atoms with Gasteiger partial charge in [0.15, 0.2) is 0 Å². The Morgan fingerprint density at radius 2 is 2.25 bits per heavy atom. The highest BCUT2D eigenvalue weighted by molar-refractivity contribution is 6.30. The van der Waals surface area contributed by atoms with Crippen molar-refractivity contribution in [2.24, 2.45) is 5.84 Å². The van der Waals surface area contributed by atoms with E-state index in [4.69, 9.17) is 22.2 Å². The lowest BCUT2D eigenvalue weighted by Gasteiger charge is -2.18. The van der Waals surface area contributed by atoms with E-state index < -0.39 is 5.82 Å². The number of nitrogens with two attached hydrogens (primary N) is 1. The molecule has 1 unspecified atom stereocenters. The fraction of sp³-hybridized carbons (Fsp3) is 0.214. The molecule has 4 nitrogen and oxygen atoms in total. The van der Waals surface area contributed by atoms with Crippen LogP contribution in [0, 0.1) is 5.82 Å². The predicted molar refractivity (Wildman–Crippen MR) is 76.0 cm³/mol. The first-order valence-corrected chi connectivity index (χ1v) is 6.42. The maximum absolute atomic E-state index is 13.5. The molecule has 1 atom stereocenters. The number of benzene rings is 1. The van der Waals surface area contributed by atoms with Gasteiger partial charge in [0.1, 0.15) is 5.82 Å². The summed E-state index contributed by atoms with van der Waals surface area (Å²) in [4.78, 5) is 4.13. The summed E-state index contributed by atoms with van der Waals surface area (Å²) in [7, 11) is 1.54. The lowest BCUT2D eigenvalue weighted by molar-refractivity contribution is 0.382. The first kappa shape index (κ1) is 14.7. The average molecular weight is 296 g/mol. The summed E-state index contributed by atoms with van der Waals surface area (Å²) < 4.78 is 18.7. The lowest BCUT2D eigenvalue weighted by Crippen LogP contribution is -2.30. The van der Waals surface area contributed by atoms with Crippen LogP contribution in [0.1, 0.15) is 17.2 Å². The maximum atomic E-state index is 13.5. The zero-order valence-electron chi connectivity index (χ0n) is 10.9. The maximum Gasteiger partial charge on any atom is 0.217 e. The average Bonchev–Trinajstić information content (AvgIpc) is 2.48. The van der Waals surface area contributed by atoms with Crippen molar-refractivity contribution in [1.29, 1.82) is 0 Å². The van der Waals surface area contributed by atoms with Crippen LogP contribution < -0.4 is 16.0 Å². The second-order valence-electron chi connectivity index (χ2n) is 4.27. The molecule has 1 aromatic heterocycles. The molecule has 0 aliphatic carbocycles. The Morgan fingerprint density at radius 1 is 1.45 bits per heavy atom. The van der Waals surface area contributed by atoms with Crippen LogP contribution in [-0.4, -0.2) is 12.1 Å². The minimum atomic E-state index is -0.446. The summed E-state index contributed by atoms with van der Waals surface area (Å²) in [5, 5.41) is 0.102. The van der Waals surface area contributed by atoms with Gasteiger partial charge < -0.3 is 4.74 Å². The van der Waals surface area contributed by atoms with Crippen molar-refractivity contribution in [3.63, 3.8) is 0 Å². The van der Waals surface area contributed by atoms with Crippen LogP contribution in [-0.2, 0) is 6.42 Å². The lowest BCUT2D eigenvalue weighted by atomic mass is 10.00. The molecule has 0 aliphatic rings. The standard InChI is InChI=1S/C14H15ClFN3O/c1-20-14-10(3-2-6-18-14)13(19-17)8-9-4-5-11(15)12(16)7-9/h2-7,13,19H,8,17H2,1H3. The highest BCUT2D eigenvalue weighted by atomic mass is 35.5. The number of aromatic nitrogens is 1. The third-order valence-corrected chi connectivity index (χ3v) is 3.30. The number of halogens is 2. The zero-order valence-corrected chi connectivity index (χ0v) is 11.7. The van der Waals surface area contributed by atoms with Crippen molar-refractivity contribution >= 4 is 11.6 Å². The quantitative estimate of drug-likeness (QED) is 0.657. The molecule has 1 aromatic carbocycles. The summed E-state index contributed by atoms with van der Waals surface area (Å²) in [6.07, 6.45) is 2.13. The molecule has 20 heavy (non-hydrogen) atoms. The van der Waals surface area contributed by atoms with Crippen LogP contribution in [0.15, 0.2) is 36.5 Å². The largest absolute Gasteiger partial charge is 0.481 e. The molecule has 0 aliphatic heterocycles. The number of hydrogen-bond acceptors (Lipinski definition) is 4. The van der Waals surface area contributed by atoms with E-state index in [1.165, 1.54) is 12.1 Å². The fourth-order valence-corrected chi connectivity index (χ4v) is 2.12. The number of methoxy groups -OCH3 is 1. The number of nitrogens with one attached hydrogen (secondary N) is 1. The number of rotatable bonds is 5. The molecule has 106 valence electrons. The van der Waals surface area contributed by atoms with E-state index in [-0.39, 0.29) is 11.1 Å². The van der Waals surface area contributed by atoms with E-state index in [0.29, 0.717) is 12.3 Å². The van der Waals surface area contributed by atoms with Crippen LogP contribution in [0.3, 0.4) is 0 Å². The van der Waals surface area contributed by atoms with Crippen LogP contribution in [0.25, 0.3) is 0 Å². The molecular formula is C14H15ClFN3O. The summed E-state index contributed by atoms with van der Waals surface area (Å²) >= 11 is 5.67. The Labute approximate surface area is 121 Å². The van der Waals surface area contributed by atoms with Crippen LogP contribution in [0.4, 0.5) is 4.39 Å². The van der Waals surface area contributed by atoms with Gasteiger partial charge in [0.05, 0.1) is 18.2 Å². The minimum absolute atomic E-state index is 0.102. The number of hydrazine groups is 1. The molecule has 0 fully saturated rings. The summed E-state index contributed by atoms with van der Waals surface area (Å²) in [6.45, 7) is 0. The predicted octanol–water partition coefficient (Wildman–Crippen LogP) is 2.63.